The standard InChI is InChI=1S/C15H15N3O/c1-11-14(13-8-5-9-19-13)17-18(15(11)16)10-12-6-3-2-4-7-12/h2-9H,10,16H2,1H3. The highest BCUT2D eigenvalue weighted by Crippen LogP contribution is 2.26. The average molecular weight is 253 g/mol. The maximum Gasteiger partial charge on any atom is 0.154 e. The highest BCUT2D eigenvalue weighted by Gasteiger charge is 2.15. The molecule has 0 saturated carbocycles. The van der Waals surface area contributed by atoms with Gasteiger partial charge in [0.25, 0.3) is 0 Å². The molecule has 0 fully saturated rings. The van der Waals surface area contributed by atoms with Crippen molar-refractivity contribution in [1.82, 2.24) is 9.78 Å². The van der Waals surface area contributed by atoms with Crippen LogP contribution in [0.1, 0.15) is 11.1 Å². The number of hydrogen-bond acceptors (Lipinski definition) is 3. The summed E-state index contributed by atoms with van der Waals surface area (Å²) in [5.74, 6) is 1.42. The molecule has 0 saturated heterocycles. The second-order valence-electron chi connectivity index (χ2n) is 4.48. The van der Waals surface area contributed by atoms with Crippen LogP contribution < -0.4 is 5.73 Å². The number of nitrogen functional groups attached to an aromatic ring is 1. The molecule has 0 aliphatic rings. The first kappa shape index (κ1) is 11.6. The molecule has 0 aliphatic heterocycles. The molecule has 1 aromatic carbocycles. The van der Waals surface area contributed by atoms with Gasteiger partial charge in [0, 0.05) is 5.56 Å². The van der Waals surface area contributed by atoms with E-state index in [-0.39, 0.29) is 0 Å². The molecule has 2 aromatic heterocycles. The Hall–Kier alpha value is -2.49. The second kappa shape index (κ2) is 4.65. The normalized spacial score (nSPS) is 10.8. The molecule has 0 spiro atoms. The van der Waals surface area contributed by atoms with Gasteiger partial charge in [-0.05, 0) is 24.6 Å². The number of anilines is 1. The van der Waals surface area contributed by atoms with Gasteiger partial charge in [-0.25, -0.2) is 4.68 Å². The third kappa shape index (κ3) is 2.12. The number of aromatic nitrogens is 2. The van der Waals surface area contributed by atoms with Crippen LogP contribution in [0.15, 0.2) is 53.1 Å². The van der Waals surface area contributed by atoms with E-state index in [1.54, 1.807) is 6.26 Å². The molecule has 3 aromatic rings. The van der Waals surface area contributed by atoms with Crippen LogP contribution in [0.2, 0.25) is 0 Å². The highest BCUT2D eigenvalue weighted by atomic mass is 16.3. The van der Waals surface area contributed by atoms with Crippen LogP contribution in [0.4, 0.5) is 5.82 Å². The zero-order valence-electron chi connectivity index (χ0n) is 10.7. The number of furan rings is 1. The number of nitrogens with two attached hydrogens (primary N) is 1. The van der Waals surface area contributed by atoms with Crippen molar-refractivity contribution in [3.8, 4) is 11.5 Å². The molecule has 0 bridgehead atoms. The van der Waals surface area contributed by atoms with Gasteiger partial charge in [-0.15, -0.1) is 0 Å². The van der Waals surface area contributed by atoms with Crippen molar-refractivity contribution >= 4 is 5.82 Å². The quantitative estimate of drug-likeness (QED) is 0.780. The van der Waals surface area contributed by atoms with Crippen LogP contribution in [0.25, 0.3) is 11.5 Å². The number of rotatable bonds is 3. The predicted molar refractivity (Wildman–Crippen MR) is 74.6 cm³/mol. The molecule has 96 valence electrons. The lowest BCUT2D eigenvalue weighted by Crippen LogP contribution is -2.06. The summed E-state index contributed by atoms with van der Waals surface area (Å²) in [5.41, 5.74) is 9.04. The minimum Gasteiger partial charge on any atom is -0.463 e. The molecule has 0 radical (unpaired) electrons. The Morgan fingerprint density at radius 3 is 2.63 bits per heavy atom. The van der Waals surface area contributed by atoms with Crippen molar-refractivity contribution < 1.29 is 4.42 Å². The van der Waals surface area contributed by atoms with Crippen LogP contribution in [0, 0.1) is 6.92 Å². The van der Waals surface area contributed by atoms with Gasteiger partial charge in [-0.3, -0.25) is 0 Å². The molecule has 19 heavy (non-hydrogen) atoms. The van der Waals surface area contributed by atoms with E-state index in [9.17, 15) is 0 Å². The van der Waals surface area contributed by atoms with Crippen molar-refractivity contribution in [3.05, 3.63) is 59.9 Å². The van der Waals surface area contributed by atoms with Gasteiger partial charge in [0.1, 0.15) is 11.5 Å². The van der Waals surface area contributed by atoms with Crippen molar-refractivity contribution in [2.24, 2.45) is 0 Å². The summed E-state index contributed by atoms with van der Waals surface area (Å²) in [6.45, 7) is 2.62. The van der Waals surface area contributed by atoms with Gasteiger partial charge >= 0.3 is 0 Å². The highest BCUT2D eigenvalue weighted by molar-refractivity contribution is 5.63. The Morgan fingerprint density at radius 2 is 1.95 bits per heavy atom. The van der Waals surface area contributed by atoms with E-state index in [4.69, 9.17) is 10.2 Å². The van der Waals surface area contributed by atoms with Crippen molar-refractivity contribution in [3.63, 3.8) is 0 Å². The number of hydrogen-bond donors (Lipinski definition) is 1. The first-order chi connectivity index (χ1) is 9.25. The first-order valence-corrected chi connectivity index (χ1v) is 6.16. The molecule has 2 heterocycles. The van der Waals surface area contributed by atoms with Gasteiger partial charge in [-0.2, -0.15) is 5.10 Å². The molecule has 0 atom stereocenters. The largest absolute Gasteiger partial charge is 0.463 e. The Kier molecular flexibility index (Phi) is 2.83. The maximum absolute atomic E-state index is 6.12. The molecule has 4 nitrogen and oxygen atoms in total. The lowest BCUT2D eigenvalue weighted by molar-refractivity contribution is 0.576. The molecular formula is C15H15N3O. The van der Waals surface area contributed by atoms with Crippen LogP contribution >= 0.6 is 0 Å². The molecule has 2 N–H and O–H groups in total. The third-order valence-corrected chi connectivity index (χ3v) is 3.17. The molecular weight excluding hydrogens is 238 g/mol. The van der Waals surface area contributed by atoms with E-state index in [0.29, 0.717) is 12.4 Å². The molecule has 0 unspecified atom stereocenters. The minimum atomic E-state index is 0.661. The fourth-order valence-corrected chi connectivity index (χ4v) is 2.09. The van der Waals surface area contributed by atoms with Crippen molar-refractivity contribution in [2.75, 3.05) is 5.73 Å². The second-order valence-corrected chi connectivity index (χ2v) is 4.48. The fraction of sp³-hybridized carbons (Fsp3) is 0.133. The topological polar surface area (TPSA) is 57.0 Å². The monoisotopic (exact) mass is 253 g/mol. The smallest absolute Gasteiger partial charge is 0.154 e. The summed E-state index contributed by atoms with van der Waals surface area (Å²) in [5, 5.41) is 4.54. The average Bonchev–Trinajstić information content (AvgIpc) is 3.04. The van der Waals surface area contributed by atoms with Crippen LogP contribution in [-0.2, 0) is 6.54 Å². The molecule has 0 amide bonds. The van der Waals surface area contributed by atoms with Crippen LogP contribution in [0.5, 0.6) is 0 Å². The van der Waals surface area contributed by atoms with Crippen LogP contribution in [0.3, 0.4) is 0 Å². The molecule has 0 aliphatic carbocycles. The molecule has 4 heteroatoms. The zero-order chi connectivity index (χ0) is 13.2. The van der Waals surface area contributed by atoms with Gasteiger partial charge in [0.05, 0.1) is 12.8 Å². The summed E-state index contributed by atoms with van der Waals surface area (Å²) in [4.78, 5) is 0. The van der Waals surface area contributed by atoms with Gasteiger partial charge in [-0.1, -0.05) is 30.3 Å². The molecule has 3 rings (SSSR count). The maximum atomic E-state index is 6.12. The number of benzene rings is 1. The van der Waals surface area contributed by atoms with Gasteiger partial charge in [0.2, 0.25) is 0 Å². The lowest BCUT2D eigenvalue weighted by atomic mass is 10.2. The van der Waals surface area contributed by atoms with E-state index in [1.807, 2.05) is 41.9 Å². The summed E-state index contributed by atoms with van der Waals surface area (Å²) in [7, 11) is 0. The Balaban J connectivity index is 1.98. The van der Waals surface area contributed by atoms with Crippen LogP contribution in [-0.4, -0.2) is 9.78 Å². The summed E-state index contributed by atoms with van der Waals surface area (Å²) in [6, 6.07) is 13.9. The Labute approximate surface area is 111 Å². The van der Waals surface area contributed by atoms with Gasteiger partial charge in [0.15, 0.2) is 5.76 Å². The SMILES string of the molecule is Cc1c(-c2ccco2)nn(Cc2ccccc2)c1N. The predicted octanol–water partition coefficient (Wildman–Crippen LogP) is 3.08. The van der Waals surface area contributed by atoms with Gasteiger partial charge < -0.3 is 10.2 Å². The lowest BCUT2D eigenvalue weighted by Gasteiger charge is -2.03. The van der Waals surface area contributed by atoms with E-state index in [0.717, 1.165) is 17.0 Å². The van der Waals surface area contributed by atoms with Crippen molar-refractivity contribution in [1.29, 1.82) is 0 Å². The van der Waals surface area contributed by atoms with E-state index in [1.165, 1.54) is 5.56 Å². The van der Waals surface area contributed by atoms with E-state index < -0.39 is 0 Å². The van der Waals surface area contributed by atoms with E-state index >= 15 is 0 Å². The third-order valence-electron chi connectivity index (χ3n) is 3.17. The zero-order valence-corrected chi connectivity index (χ0v) is 10.7. The minimum absolute atomic E-state index is 0.661. The Morgan fingerprint density at radius 1 is 1.16 bits per heavy atom. The first-order valence-electron chi connectivity index (χ1n) is 6.16. The Bertz CT molecular complexity index is 669. The van der Waals surface area contributed by atoms with E-state index in [2.05, 4.69) is 17.2 Å². The van der Waals surface area contributed by atoms with Crippen molar-refractivity contribution in [2.45, 2.75) is 13.5 Å². The fourth-order valence-electron chi connectivity index (χ4n) is 2.09. The summed E-state index contributed by atoms with van der Waals surface area (Å²) in [6.07, 6.45) is 1.64. The summed E-state index contributed by atoms with van der Waals surface area (Å²) < 4.78 is 7.20. The number of nitrogens with zero attached hydrogens (tertiary/aromatic N) is 2. The summed E-state index contributed by atoms with van der Waals surface area (Å²) >= 11 is 0.